The first kappa shape index (κ1) is 11.0. The van der Waals surface area contributed by atoms with Crippen LogP contribution in [0, 0.1) is 0 Å². The van der Waals surface area contributed by atoms with Gasteiger partial charge in [-0.3, -0.25) is 0 Å². The van der Waals surface area contributed by atoms with E-state index in [9.17, 15) is 0 Å². The van der Waals surface area contributed by atoms with Gasteiger partial charge in [-0.1, -0.05) is 19.4 Å². The van der Waals surface area contributed by atoms with Crippen LogP contribution in [-0.2, 0) is 0 Å². The molecule has 0 spiro atoms. The molecule has 1 heterocycles. The largest absolute Gasteiger partial charge is 0.323 e. The average Bonchev–Trinajstić information content (AvgIpc) is 2.38. The van der Waals surface area contributed by atoms with Gasteiger partial charge in [0.1, 0.15) is 0 Å². The summed E-state index contributed by atoms with van der Waals surface area (Å²) in [6, 6.07) is 4.42. The molecule has 0 saturated carbocycles. The highest BCUT2D eigenvalue weighted by Gasteiger charge is 2.03. The summed E-state index contributed by atoms with van der Waals surface area (Å²) in [6.45, 7) is 2.16. The van der Waals surface area contributed by atoms with Gasteiger partial charge in [-0.05, 0) is 17.9 Å². The number of rotatable bonds is 3. The van der Waals surface area contributed by atoms with Crippen molar-refractivity contribution in [1.29, 1.82) is 0 Å². The van der Waals surface area contributed by atoms with Crippen molar-refractivity contribution in [2.75, 3.05) is 0 Å². The third kappa shape index (κ3) is 3.23. The normalized spacial score (nSPS) is 12.2. The predicted octanol–water partition coefficient (Wildman–Crippen LogP) is 2.97. The highest BCUT2D eigenvalue weighted by atomic mass is 35.5. The lowest BCUT2D eigenvalue weighted by Gasteiger charge is -2.05. The molecule has 0 aliphatic carbocycles. The molecule has 1 unspecified atom stereocenters. The van der Waals surface area contributed by atoms with Crippen molar-refractivity contribution in [2.24, 2.45) is 5.73 Å². The summed E-state index contributed by atoms with van der Waals surface area (Å²) in [7, 11) is 0. The molecular weight excluding hydrogens is 178 g/mol. The molecule has 0 aromatic carbocycles. The monoisotopic (exact) mass is 191 g/mol. The van der Waals surface area contributed by atoms with Gasteiger partial charge in [-0.15, -0.1) is 23.7 Å². The van der Waals surface area contributed by atoms with Gasteiger partial charge in [0.25, 0.3) is 0 Å². The Morgan fingerprint density at radius 2 is 2.36 bits per heavy atom. The van der Waals surface area contributed by atoms with Crippen molar-refractivity contribution in [3.05, 3.63) is 22.4 Å². The lowest BCUT2D eigenvalue weighted by atomic mass is 10.1. The predicted molar refractivity (Wildman–Crippen MR) is 53.4 cm³/mol. The highest BCUT2D eigenvalue weighted by Crippen LogP contribution is 2.19. The minimum Gasteiger partial charge on any atom is -0.323 e. The van der Waals surface area contributed by atoms with Gasteiger partial charge in [-0.25, -0.2) is 0 Å². The maximum absolute atomic E-state index is 5.86. The molecule has 0 saturated heterocycles. The zero-order valence-corrected chi connectivity index (χ0v) is 8.25. The molecule has 1 rings (SSSR count). The number of thiophene rings is 1. The van der Waals surface area contributed by atoms with Crippen LogP contribution in [0.1, 0.15) is 30.7 Å². The van der Waals surface area contributed by atoms with Crippen molar-refractivity contribution in [3.63, 3.8) is 0 Å². The van der Waals surface area contributed by atoms with Gasteiger partial charge in [0.05, 0.1) is 0 Å². The van der Waals surface area contributed by atoms with E-state index in [0.29, 0.717) is 0 Å². The van der Waals surface area contributed by atoms with Gasteiger partial charge >= 0.3 is 0 Å². The van der Waals surface area contributed by atoms with Crippen LogP contribution in [0.3, 0.4) is 0 Å². The van der Waals surface area contributed by atoms with E-state index in [0.717, 1.165) is 6.42 Å². The second kappa shape index (κ2) is 5.58. The van der Waals surface area contributed by atoms with Gasteiger partial charge in [0.15, 0.2) is 0 Å². The van der Waals surface area contributed by atoms with E-state index in [1.54, 1.807) is 11.3 Å². The van der Waals surface area contributed by atoms with E-state index < -0.39 is 0 Å². The van der Waals surface area contributed by atoms with Crippen LogP contribution in [0.4, 0.5) is 0 Å². The maximum Gasteiger partial charge on any atom is 0.0389 e. The lowest BCUT2D eigenvalue weighted by molar-refractivity contribution is 0.648. The van der Waals surface area contributed by atoms with Crippen molar-refractivity contribution in [1.82, 2.24) is 0 Å². The summed E-state index contributed by atoms with van der Waals surface area (Å²) in [4.78, 5) is 1.31. The standard InChI is InChI=1S/C8H13NS.ClH/c1-2-4-7(9)8-5-3-6-10-8;/h3,5-7H,2,4,9H2,1H3;1H. The van der Waals surface area contributed by atoms with Crippen LogP contribution >= 0.6 is 23.7 Å². The first-order valence-corrected chi connectivity index (χ1v) is 4.51. The van der Waals surface area contributed by atoms with Crippen molar-refractivity contribution < 1.29 is 0 Å². The zero-order chi connectivity index (χ0) is 7.40. The van der Waals surface area contributed by atoms with E-state index in [1.165, 1.54) is 11.3 Å². The number of hydrogen-bond acceptors (Lipinski definition) is 2. The molecule has 1 aromatic heterocycles. The first-order chi connectivity index (χ1) is 4.84. The van der Waals surface area contributed by atoms with Crippen LogP contribution in [0.5, 0.6) is 0 Å². The molecule has 0 fully saturated rings. The Balaban J connectivity index is 0.000001000. The van der Waals surface area contributed by atoms with E-state index in [-0.39, 0.29) is 18.4 Å². The summed E-state index contributed by atoms with van der Waals surface area (Å²) < 4.78 is 0. The number of hydrogen-bond donors (Lipinski definition) is 1. The van der Waals surface area contributed by atoms with Gasteiger partial charge in [0.2, 0.25) is 0 Å². The maximum atomic E-state index is 5.86. The minimum absolute atomic E-state index is 0. The quantitative estimate of drug-likeness (QED) is 0.781. The SMILES string of the molecule is CCCC(N)c1cccs1.Cl. The third-order valence-corrected chi connectivity index (χ3v) is 2.51. The Labute approximate surface area is 78.0 Å². The Hall–Kier alpha value is -0.0500. The van der Waals surface area contributed by atoms with E-state index >= 15 is 0 Å². The van der Waals surface area contributed by atoms with Crippen LogP contribution < -0.4 is 5.73 Å². The lowest BCUT2D eigenvalue weighted by Crippen LogP contribution is -2.07. The van der Waals surface area contributed by atoms with Crippen molar-refractivity contribution in [2.45, 2.75) is 25.8 Å². The van der Waals surface area contributed by atoms with Gasteiger partial charge < -0.3 is 5.73 Å². The number of nitrogens with two attached hydrogens (primary N) is 1. The Bertz CT molecular complexity index is 174. The molecule has 0 aliphatic rings. The fourth-order valence-electron chi connectivity index (χ4n) is 0.956. The highest BCUT2D eigenvalue weighted by molar-refractivity contribution is 7.10. The van der Waals surface area contributed by atoms with E-state index in [2.05, 4.69) is 24.4 Å². The summed E-state index contributed by atoms with van der Waals surface area (Å²) >= 11 is 1.75. The molecule has 1 aromatic rings. The van der Waals surface area contributed by atoms with Gasteiger partial charge in [0, 0.05) is 10.9 Å². The molecule has 1 nitrogen and oxygen atoms in total. The molecule has 0 radical (unpaired) electrons. The van der Waals surface area contributed by atoms with Crippen molar-refractivity contribution in [3.8, 4) is 0 Å². The first-order valence-electron chi connectivity index (χ1n) is 3.63. The summed E-state index contributed by atoms with van der Waals surface area (Å²) in [5, 5.41) is 2.07. The molecular formula is C8H14ClNS. The van der Waals surface area contributed by atoms with E-state index in [4.69, 9.17) is 5.73 Å². The molecule has 1 atom stereocenters. The van der Waals surface area contributed by atoms with Crippen LogP contribution in [0.15, 0.2) is 17.5 Å². The fourth-order valence-corrected chi connectivity index (χ4v) is 1.72. The van der Waals surface area contributed by atoms with Crippen LogP contribution in [0.2, 0.25) is 0 Å². The molecule has 3 heteroatoms. The van der Waals surface area contributed by atoms with Crippen LogP contribution in [0.25, 0.3) is 0 Å². The minimum atomic E-state index is 0. The second-order valence-electron chi connectivity index (χ2n) is 2.41. The molecule has 2 N–H and O–H groups in total. The fraction of sp³-hybridized carbons (Fsp3) is 0.500. The smallest absolute Gasteiger partial charge is 0.0389 e. The second-order valence-corrected chi connectivity index (χ2v) is 3.39. The molecule has 0 bridgehead atoms. The summed E-state index contributed by atoms with van der Waals surface area (Å²) in [5.74, 6) is 0. The molecule has 64 valence electrons. The Kier molecular flexibility index (Phi) is 5.56. The summed E-state index contributed by atoms with van der Waals surface area (Å²) in [5.41, 5.74) is 5.86. The topological polar surface area (TPSA) is 26.0 Å². The number of halogens is 1. The molecule has 11 heavy (non-hydrogen) atoms. The van der Waals surface area contributed by atoms with Crippen molar-refractivity contribution >= 4 is 23.7 Å². The van der Waals surface area contributed by atoms with E-state index in [1.807, 2.05) is 0 Å². The van der Waals surface area contributed by atoms with Gasteiger partial charge in [-0.2, -0.15) is 0 Å². The Morgan fingerprint density at radius 3 is 2.82 bits per heavy atom. The molecule has 0 amide bonds. The third-order valence-electron chi connectivity index (χ3n) is 1.51. The average molecular weight is 192 g/mol. The molecule has 0 aliphatic heterocycles. The van der Waals surface area contributed by atoms with Crippen LogP contribution in [-0.4, -0.2) is 0 Å². The zero-order valence-electron chi connectivity index (χ0n) is 6.62. The summed E-state index contributed by atoms with van der Waals surface area (Å²) in [6.07, 6.45) is 2.26. The Morgan fingerprint density at radius 1 is 1.64 bits per heavy atom.